The first-order valence-corrected chi connectivity index (χ1v) is 14.3. The Bertz CT molecular complexity index is 826. The molecule has 0 aliphatic carbocycles. The summed E-state index contributed by atoms with van der Waals surface area (Å²) in [6.45, 7) is 13.5. The number of nitrogens with zero attached hydrogens (tertiary/aromatic N) is 3. The third kappa shape index (κ3) is 11.7. The van der Waals surface area contributed by atoms with E-state index in [1.165, 1.54) is 51.4 Å². The molecule has 1 fully saturated rings. The van der Waals surface area contributed by atoms with Crippen LogP contribution in [0.2, 0.25) is 0 Å². The summed E-state index contributed by atoms with van der Waals surface area (Å²) >= 11 is 0. The SMILES string of the molecule is CC1CN(C(=O)OC(C)(C)C)C(C)CN1CCCCCCCCCCCCNC(=O)c1cccnc1N. The van der Waals surface area contributed by atoms with E-state index < -0.39 is 5.60 Å². The lowest BCUT2D eigenvalue weighted by Gasteiger charge is -2.44. The molecular weight excluding hydrogens is 466 g/mol. The lowest BCUT2D eigenvalue weighted by Crippen LogP contribution is -2.58. The fourth-order valence-electron chi connectivity index (χ4n) is 4.85. The summed E-state index contributed by atoms with van der Waals surface area (Å²) in [5, 5.41) is 2.93. The molecule has 37 heavy (non-hydrogen) atoms. The summed E-state index contributed by atoms with van der Waals surface area (Å²) in [4.78, 5) is 33.0. The van der Waals surface area contributed by atoms with Gasteiger partial charge in [-0.3, -0.25) is 9.69 Å². The van der Waals surface area contributed by atoms with Gasteiger partial charge in [-0.25, -0.2) is 9.78 Å². The van der Waals surface area contributed by atoms with Crippen LogP contribution in [-0.4, -0.2) is 70.6 Å². The Kier molecular flexibility index (Phi) is 13.2. The minimum absolute atomic E-state index is 0.141. The van der Waals surface area contributed by atoms with Gasteiger partial charge in [0.1, 0.15) is 11.4 Å². The van der Waals surface area contributed by atoms with Gasteiger partial charge in [-0.1, -0.05) is 51.4 Å². The van der Waals surface area contributed by atoms with Gasteiger partial charge in [0.05, 0.1) is 5.56 Å². The third-order valence-corrected chi connectivity index (χ3v) is 6.98. The first-order valence-electron chi connectivity index (χ1n) is 14.3. The van der Waals surface area contributed by atoms with E-state index in [0.717, 1.165) is 32.5 Å². The van der Waals surface area contributed by atoms with Crippen LogP contribution in [0, 0.1) is 0 Å². The number of carbonyl (C=O) groups is 2. The summed E-state index contributed by atoms with van der Waals surface area (Å²) < 4.78 is 5.58. The highest BCUT2D eigenvalue weighted by Crippen LogP contribution is 2.20. The second kappa shape index (κ2) is 15.8. The Morgan fingerprint density at radius 1 is 0.973 bits per heavy atom. The first-order chi connectivity index (χ1) is 17.6. The molecule has 1 saturated heterocycles. The van der Waals surface area contributed by atoms with Crippen LogP contribution in [0.1, 0.15) is 109 Å². The molecule has 0 aromatic carbocycles. The number of anilines is 1. The molecule has 0 radical (unpaired) electrons. The van der Waals surface area contributed by atoms with Crippen LogP contribution < -0.4 is 11.1 Å². The molecule has 2 amide bonds. The standard InChI is InChI=1S/C29H51N5O3/c1-23-22-34(28(36)37-29(3,4)5)24(2)21-33(23)20-15-13-11-9-7-6-8-10-12-14-18-32-27(35)25-17-16-19-31-26(25)30/h16-17,19,23-24H,6-15,18,20-22H2,1-5H3,(H2,30,31)(H,32,35). The molecule has 8 heteroatoms. The number of hydrogen-bond acceptors (Lipinski definition) is 6. The summed E-state index contributed by atoms with van der Waals surface area (Å²) in [6, 6.07) is 3.98. The molecule has 1 aromatic rings. The molecule has 2 rings (SSSR count). The van der Waals surface area contributed by atoms with Gasteiger partial charge in [-0.2, -0.15) is 0 Å². The molecule has 0 spiro atoms. The van der Waals surface area contributed by atoms with Crippen molar-refractivity contribution in [2.24, 2.45) is 0 Å². The largest absolute Gasteiger partial charge is 0.444 e. The second-order valence-electron chi connectivity index (χ2n) is 11.6. The van der Waals surface area contributed by atoms with Crippen molar-refractivity contribution in [3.63, 3.8) is 0 Å². The van der Waals surface area contributed by atoms with Crippen LogP contribution in [0.25, 0.3) is 0 Å². The van der Waals surface area contributed by atoms with Gasteiger partial charge in [0.15, 0.2) is 0 Å². The van der Waals surface area contributed by atoms with Crippen molar-refractivity contribution in [2.45, 2.75) is 117 Å². The van der Waals surface area contributed by atoms with Crippen LogP contribution >= 0.6 is 0 Å². The second-order valence-corrected chi connectivity index (χ2v) is 11.6. The molecule has 1 aliphatic heterocycles. The van der Waals surface area contributed by atoms with E-state index in [0.29, 0.717) is 18.2 Å². The Balaban J connectivity index is 1.43. The van der Waals surface area contributed by atoms with Crippen LogP contribution in [0.4, 0.5) is 10.6 Å². The average molecular weight is 518 g/mol. The number of unbranched alkanes of at least 4 members (excludes halogenated alkanes) is 9. The number of pyridine rings is 1. The van der Waals surface area contributed by atoms with Gasteiger partial charge < -0.3 is 20.7 Å². The van der Waals surface area contributed by atoms with Gasteiger partial charge in [0.25, 0.3) is 5.91 Å². The predicted molar refractivity (Wildman–Crippen MR) is 151 cm³/mol. The van der Waals surface area contributed by atoms with Gasteiger partial charge in [-0.15, -0.1) is 0 Å². The first kappa shape index (κ1) is 30.9. The van der Waals surface area contributed by atoms with Crippen molar-refractivity contribution in [3.8, 4) is 0 Å². The molecule has 2 atom stereocenters. The van der Waals surface area contributed by atoms with E-state index in [-0.39, 0.29) is 23.9 Å². The summed E-state index contributed by atoms with van der Waals surface area (Å²) in [5.41, 5.74) is 5.74. The highest BCUT2D eigenvalue weighted by molar-refractivity contribution is 5.98. The van der Waals surface area contributed by atoms with Crippen LogP contribution in [-0.2, 0) is 4.74 Å². The zero-order valence-electron chi connectivity index (χ0n) is 23.9. The van der Waals surface area contributed by atoms with Crippen molar-refractivity contribution in [1.29, 1.82) is 0 Å². The Labute approximate surface area is 224 Å². The topological polar surface area (TPSA) is 101 Å². The summed E-state index contributed by atoms with van der Waals surface area (Å²) in [7, 11) is 0. The number of nitrogen functional groups attached to an aromatic ring is 1. The predicted octanol–water partition coefficient (Wildman–Crippen LogP) is 5.62. The smallest absolute Gasteiger partial charge is 0.410 e. The number of ether oxygens (including phenoxy) is 1. The maximum absolute atomic E-state index is 12.5. The van der Waals surface area contributed by atoms with Gasteiger partial charge >= 0.3 is 6.09 Å². The third-order valence-electron chi connectivity index (χ3n) is 6.98. The minimum atomic E-state index is -0.451. The van der Waals surface area contributed by atoms with Crippen molar-refractivity contribution < 1.29 is 14.3 Å². The molecule has 2 unspecified atom stereocenters. The lowest BCUT2D eigenvalue weighted by atomic mass is 10.0. The van der Waals surface area contributed by atoms with E-state index in [4.69, 9.17) is 10.5 Å². The molecule has 8 nitrogen and oxygen atoms in total. The Hall–Kier alpha value is -2.35. The van der Waals surface area contributed by atoms with Gasteiger partial charge in [-0.05, 0) is 66.1 Å². The van der Waals surface area contributed by atoms with Gasteiger partial charge in [0, 0.05) is 37.9 Å². The number of nitrogens with two attached hydrogens (primary N) is 1. The monoisotopic (exact) mass is 517 g/mol. The van der Waals surface area contributed by atoms with Crippen LogP contribution in [0.15, 0.2) is 18.3 Å². The van der Waals surface area contributed by atoms with Crippen LogP contribution in [0.5, 0.6) is 0 Å². The summed E-state index contributed by atoms with van der Waals surface area (Å²) in [5.74, 6) is 0.139. The van der Waals surface area contributed by atoms with Gasteiger partial charge in [0.2, 0.25) is 0 Å². The number of rotatable bonds is 14. The minimum Gasteiger partial charge on any atom is -0.444 e. The van der Waals surface area contributed by atoms with Crippen molar-refractivity contribution in [3.05, 3.63) is 23.9 Å². The molecular formula is C29H51N5O3. The zero-order valence-corrected chi connectivity index (χ0v) is 23.9. The molecule has 210 valence electrons. The average Bonchev–Trinajstić information content (AvgIpc) is 2.82. The quantitative estimate of drug-likeness (QED) is 0.311. The molecule has 2 heterocycles. The van der Waals surface area contributed by atoms with E-state index >= 15 is 0 Å². The maximum atomic E-state index is 12.5. The molecule has 1 aromatic heterocycles. The lowest BCUT2D eigenvalue weighted by molar-refractivity contribution is -0.0103. The highest BCUT2D eigenvalue weighted by Gasteiger charge is 2.34. The fraction of sp³-hybridized carbons (Fsp3) is 0.759. The molecule has 3 N–H and O–H groups in total. The van der Waals surface area contributed by atoms with E-state index in [1.807, 2.05) is 25.7 Å². The van der Waals surface area contributed by atoms with Crippen molar-refractivity contribution in [1.82, 2.24) is 20.1 Å². The molecule has 0 saturated carbocycles. The number of amides is 2. The Morgan fingerprint density at radius 3 is 2.16 bits per heavy atom. The van der Waals surface area contributed by atoms with Crippen molar-refractivity contribution >= 4 is 17.8 Å². The normalized spacial score (nSPS) is 18.6. The van der Waals surface area contributed by atoms with E-state index in [2.05, 4.69) is 29.0 Å². The Morgan fingerprint density at radius 2 is 1.57 bits per heavy atom. The number of piperazine rings is 1. The molecule has 1 aliphatic rings. The summed E-state index contributed by atoms with van der Waals surface area (Å²) in [6.07, 6.45) is 13.7. The van der Waals surface area contributed by atoms with Crippen molar-refractivity contribution in [2.75, 3.05) is 31.9 Å². The van der Waals surface area contributed by atoms with E-state index in [9.17, 15) is 9.59 Å². The number of hydrogen-bond donors (Lipinski definition) is 2. The maximum Gasteiger partial charge on any atom is 0.410 e. The van der Waals surface area contributed by atoms with E-state index in [1.54, 1.807) is 18.3 Å². The highest BCUT2D eigenvalue weighted by atomic mass is 16.6. The number of nitrogens with one attached hydrogen (secondary N) is 1. The van der Waals surface area contributed by atoms with Crippen LogP contribution in [0.3, 0.4) is 0 Å². The molecule has 0 bridgehead atoms. The number of aromatic nitrogens is 1. The fourth-order valence-corrected chi connectivity index (χ4v) is 4.85. The number of carbonyl (C=O) groups excluding carboxylic acids is 2. The zero-order chi connectivity index (χ0) is 27.3.